The molecule has 0 bridgehead atoms. The Bertz CT molecular complexity index is 725. The summed E-state index contributed by atoms with van der Waals surface area (Å²) in [4.78, 5) is 22.4. The maximum Gasteiger partial charge on any atom is 0.341 e. The van der Waals surface area contributed by atoms with Crippen LogP contribution in [0.1, 0.15) is 25.3 Å². The summed E-state index contributed by atoms with van der Waals surface area (Å²) in [6, 6.07) is 14.1. The van der Waals surface area contributed by atoms with Gasteiger partial charge in [-0.2, -0.15) is 0 Å². The van der Waals surface area contributed by atoms with E-state index in [2.05, 4.69) is 19.2 Å². The number of ether oxygens (including phenoxy) is 2. The Morgan fingerprint density at radius 3 is 2.32 bits per heavy atom. The van der Waals surface area contributed by atoms with Gasteiger partial charge in [0.1, 0.15) is 11.5 Å². The van der Waals surface area contributed by atoms with Gasteiger partial charge >= 0.3 is 5.97 Å². The van der Waals surface area contributed by atoms with E-state index in [1.54, 1.807) is 24.3 Å². The normalized spacial score (nSPS) is 10.4. The fourth-order valence-corrected chi connectivity index (χ4v) is 2.09. The first-order valence-electron chi connectivity index (χ1n) is 7.91. The first-order chi connectivity index (χ1) is 11.9. The highest BCUT2D eigenvalue weighted by Gasteiger charge is 2.06. The van der Waals surface area contributed by atoms with Crippen molar-refractivity contribution in [1.82, 2.24) is 0 Å². The molecule has 2 aromatic carbocycles. The van der Waals surface area contributed by atoms with Crippen molar-refractivity contribution in [3.05, 3.63) is 54.1 Å². The smallest absolute Gasteiger partial charge is 0.341 e. The Kier molecular flexibility index (Phi) is 6.39. The molecule has 2 rings (SSSR count). The lowest BCUT2D eigenvalue weighted by molar-refractivity contribution is -0.139. The molecule has 2 aromatic rings. The van der Waals surface area contributed by atoms with E-state index in [1.807, 2.05) is 24.3 Å². The van der Waals surface area contributed by atoms with E-state index >= 15 is 0 Å². The standard InChI is InChI=1S/C19H21NO5/c1-13(2)14-4-3-5-17(10-14)24-11-18(21)20-15-6-8-16(9-7-15)25-12-19(22)23/h3-10,13H,11-12H2,1-2H3,(H,20,21)(H,22,23). The molecular weight excluding hydrogens is 322 g/mol. The first kappa shape index (κ1) is 18.3. The summed E-state index contributed by atoms with van der Waals surface area (Å²) >= 11 is 0. The van der Waals surface area contributed by atoms with Gasteiger partial charge in [-0.3, -0.25) is 4.79 Å². The van der Waals surface area contributed by atoms with E-state index in [4.69, 9.17) is 14.6 Å². The van der Waals surface area contributed by atoms with E-state index < -0.39 is 12.6 Å². The highest BCUT2D eigenvalue weighted by atomic mass is 16.5. The Morgan fingerprint density at radius 1 is 1.00 bits per heavy atom. The lowest BCUT2D eigenvalue weighted by Gasteiger charge is -2.10. The summed E-state index contributed by atoms with van der Waals surface area (Å²) in [5.41, 5.74) is 1.72. The molecule has 0 atom stereocenters. The van der Waals surface area contributed by atoms with Crippen LogP contribution in [0.25, 0.3) is 0 Å². The second-order valence-corrected chi connectivity index (χ2v) is 5.77. The van der Waals surface area contributed by atoms with Crippen molar-refractivity contribution in [2.24, 2.45) is 0 Å². The van der Waals surface area contributed by atoms with Crippen molar-refractivity contribution in [2.75, 3.05) is 18.5 Å². The molecule has 0 spiro atoms. The van der Waals surface area contributed by atoms with Crippen LogP contribution in [0.3, 0.4) is 0 Å². The van der Waals surface area contributed by atoms with Crippen molar-refractivity contribution in [3.8, 4) is 11.5 Å². The molecule has 2 N–H and O–H groups in total. The molecule has 0 unspecified atom stereocenters. The zero-order chi connectivity index (χ0) is 18.2. The fourth-order valence-electron chi connectivity index (χ4n) is 2.09. The van der Waals surface area contributed by atoms with Gasteiger partial charge in [-0.05, 0) is 47.9 Å². The van der Waals surface area contributed by atoms with E-state index in [0.717, 1.165) is 5.56 Å². The average Bonchev–Trinajstić information content (AvgIpc) is 2.59. The van der Waals surface area contributed by atoms with Gasteiger partial charge in [-0.1, -0.05) is 26.0 Å². The summed E-state index contributed by atoms with van der Waals surface area (Å²) in [7, 11) is 0. The summed E-state index contributed by atoms with van der Waals surface area (Å²) in [5, 5.41) is 11.3. The molecule has 0 fully saturated rings. The molecule has 25 heavy (non-hydrogen) atoms. The first-order valence-corrected chi connectivity index (χ1v) is 7.91. The zero-order valence-electron chi connectivity index (χ0n) is 14.2. The minimum absolute atomic E-state index is 0.0984. The molecule has 6 nitrogen and oxygen atoms in total. The van der Waals surface area contributed by atoms with Crippen LogP contribution in [0.2, 0.25) is 0 Å². The number of carbonyl (C=O) groups excluding carboxylic acids is 1. The van der Waals surface area contributed by atoms with Crippen molar-refractivity contribution >= 4 is 17.6 Å². The number of anilines is 1. The van der Waals surface area contributed by atoms with Crippen molar-refractivity contribution in [3.63, 3.8) is 0 Å². The summed E-state index contributed by atoms with van der Waals surface area (Å²) in [5.74, 6) is 0.130. The van der Waals surface area contributed by atoms with Gasteiger partial charge in [-0.25, -0.2) is 4.79 Å². The van der Waals surface area contributed by atoms with Crippen LogP contribution < -0.4 is 14.8 Å². The second-order valence-electron chi connectivity index (χ2n) is 5.77. The van der Waals surface area contributed by atoms with E-state index in [0.29, 0.717) is 23.1 Å². The van der Waals surface area contributed by atoms with E-state index in [1.165, 1.54) is 0 Å². The molecule has 0 aliphatic carbocycles. The fraction of sp³-hybridized carbons (Fsp3) is 0.263. The average molecular weight is 343 g/mol. The molecule has 0 radical (unpaired) electrons. The highest BCUT2D eigenvalue weighted by molar-refractivity contribution is 5.91. The van der Waals surface area contributed by atoms with Gasteiger partial charge in [0.05, 0.1) is 0 Å². The largest absolute Gasteiger partial charge is 0.484 e. The Labute approximate surface area is 146 Å². The van der Waals surface area contributed by atoms with Crippen LogP contribution >= 0.6 is 0 Å². The van der Waals surface area contributed by atoms with Gasteiger partial charge in [-0.15, -0.1) is 0 Å². The number of carboxylic acid groups (broad SMARTS) is 1. The van der Waals surface area contributed by atoms with Crippen LogP contribution in [0.15, 0.2) is 48.5 Å². The lowest BCUT2D eigenvalue weighted by Crippen LogP contribution is -2.20. The lowest BCUT2D eigenvalue weighted by atomic mass is 10.0. The van der Waals surface area contributed by atoms with Gasteiger partial charge in [0.2, 0.25) is 0 Å². The number of benzene rings is 2. The third-order valence-corrected chi connectivity index (χ3v) is 3.40. The maximum absolute atomic E-state index is 12.0. The maximum atomic E-state index is 12.0. The molecule has 0 aliphatic rings. The molecule has 1 amide bonds. The second kappa shape index (κ2) is 8.73. The third-order valence-electron chi connectivity index (χ3n) is 3.40. The monoisotopic (exact) mass is 343 g/mol. The molecule has 0 heterocycles. The predicted octanol–water partition coefficient (Wildman–Crippen LogP) is 3.29. The van der Waals surface area contributed by atoms with Gasteiger partial charge in [0.15, 0.2) is 13.2 Å². The minimum Gasteiger partial charge on any atom is -0.484 e. The quantitative estimate of drug-likeness (QED) is 0.768. The number of carboxylic acids is 1. The van der Waals surface area contributed by atoms with Crippen LogP contribution in [0.5, 0.6) is 11.5 Å². The van der Waals surface area contributed by atoms with Crippen LogP contribution in [0.4, 0.5) is 5.69 Å². The molecular formula is C19H21NO5. The molecule has 0 saturated heterocycles. The summed E-state index contributed by atoms with van der Waals surface area (Å²) in [6.45, 7) is 3.68. The van der Waals surface area contributed by atoms with Crippen LogP contribution in [-0.4, -0.2) is 30.2 Å². The minimum atomic E-state index is -1.05. The number of hydrogen-bond donors (Lipinski definition) is 2. The van der Waals surface area contributed by atoms with Crippen LogP contribution in [0, 0.1) is 0 Å². The molecule has 0 aliphatic heterocycles. The predicted molar refractivity (Wildman–Crippen MR) is 94.2 cm³/mol. The third kappa shape index (κ3) is 6.18. The van der Waals surface area contributed by atoms with Gasteiger partial charge in [0, 0.05) is 5.69 Å². The SMILES string of the molecule is CC(C)c1cccc(OCC(=O)Nc2ccc(OCC(=O)O)cc2)c1. The summed E-state index contributed by atoms with van der Waals surface area (Å²) < 4.78 is 10.5. The molecule has 0 saturated carbocycles. The van der Waals surface area contributed by atoms with E-state index in [-0.39, 0.29) is 12.5 Å². The molecule has 0 aromatic heterocycles. The number of nitrogens with one attached hydrogen (secondary N) is 1. The van der Waals surface area contributed by atoms with Gasteiger partial charge < -0.3 is 19.9 Å². The van der Waals surface area contributed by atoms with E-state index in [9.17, 15) is 9.59 Å². The van der Waals surface area contributed by atoms with Crippen molar-refractivity contribution in [2.45, 2.75) is 19.8 Å². The number of rotatable bonds is 8. The molecule has 6 heteroatoms. The summed E-state index contributed by atoms with van der Waals surface area (Å²) in [6.07, 6.45) is 0. The number of amides is 1. The molecule has 132 valence electrons. The zero-order valence-corrected chi connectivity index (χ0v) is 14.2. The van der Waals surface area contributed by atoms with Crippen molar-refractivity contribution < 1.29 is 24.2 Å². The number of aliphatic carboxylic acids is 1. The Hall–Kier alpha value is -3.02. The Morgan fingerprint density at radius 2 is 1.68 bits per heavy atom. The number of hydrogen-bond acceptors (Lipinski definition) is 4. The van der Waals surface area contributed by atoms with Crippen molar-refractivity contribution in [1.29, 1.82) is 0 Å². The van der Waals surface area contributed by atoms with Gasteiger partial charge in [0.25, 0.3) is 5.91 Å². The Balaban J connectivity index is 1.83. The highest BCUT2D eigenvalue weighted by Crippen LogP contribution is 2.20. The topological polar surface area (TPSA) is 84.9 Å². The van der Waals surface area contributed by atoms with Crippen LogP contribution in [-0.2, 0) is 9.59 Å². The number of carbonyl (C=O) groups is 2.